The average molecular weight is 433 g/mol. The molecule has 0 aromatic heterocycles. The molecule has 3 nitrogen and oxygen atoms in total. The van der Waals surface area contributed by atoms with Crippen molar-refractivity contribution in [3.05, 3.63) is 35.4 Å². The largest absolute Gasteiger partial charge is 0.217 e. The molecule has 2 unspecified atom stereocenters. The van der Waals surface area contributed by atoms with Crippen molar-refractivity contribution in [2.24, 2.45) is 0 Å². The molecule has 122 valence electrons. The van der Waals surface area contributed by atoms with Crippen LogP contribution in [0.2, 0.25) is 0 Å². The van der Waals surface area contributed by atoms with Gasteiger partial charge in [0.05, 0.1) is 5.25 Å². The van der Waals surface area contributed by atoms with Gasteiger partial charge in [-0.25, -0.2) is 12.7 Å². The van der Waals surface area contributed by atoms with Crippen molar-refractivity contribution in [2.75, 3.05) is 13.1 Å². The molecule has 0 N–H and O–H groups in total. The maximum absolute atomic E-state index is 12.6. The van der Waals surface area contributed by atoms with Gasteiger partial charge in [-0.2, -0.15) is 0 Å². The highest BCUT2D eigenvalue weighted by atomic mass is 127. The fraction of sp³-hybridized carbons (Fsp3) is 0.647. The summed E-state index contributed by atoms with van der Waals surface area (Å²) in [5.74, 6) is 0.775. The van der Waals surface area contributed by atoms with Crippen molar-refractivity contribution in [1.82, 2.24) is 4.31 Å². The van der Waals surface area contributed by atoms with E-state index >= 15 is 0 Å². The first-order valence-corrected chi connectivity index (χ1v) is 10.9. The summed E-state index contributed by atoms with van der Waals surface area (Å²) in [6.07, 6.45) is 2.64. The summed E-state index contributed by atoms with van der Waals surface area (Å²) in [4.78, 5) is 0. The molecule has 5 heteroatoms. The van der Waals surface area contributed by atoms with E-state index in [1.807, 2.05) is 0 Å². The van der Waals surface area contributed by atoms with Crippen molar-refractivity contribution in [3.8, 4) is 0 Å². The molecule has 1 heterocycles. The summed E-state index contributed by atoms with van der Waals surface area (Å²) in [6.45, 7) is 5.76. The molecule has 0 radical (unpaired) electrons. The van der Waals surface area contributed by atoms with Crippen LogP contribution in [0.3, 0.4) is 0 Å². The number of sulfonamides is 1. The quantitative estimate of drug-likeness (QED) is 0.534. The minimum atomic E-state index is -3.06. The molecule has 0 bridgehead atoms. The van der Waals surface area contributed by atoms with E-state index in [1.165, 1.54) is 11.1 Å². The number of hydrogen-bond acceptors (Lipinski definition) is 2. The molecular formula is C17H24INO2S. The van der Waals surface area contributed by atoms with E-state index in [0.717, 1.165) is 19.3 Å². The van der Waals surface area contributed by atoms with Crippen molar-refractivity contribution < 1.29 is 8.42 Å². The molecule has 0 spiro atoms. The number of alkyl halides is 1. The van der Waals surface area contributed by atoms with E-state index in [4.69, 9.17) is 0 Å². The third-order valence-electron chi connectivity index (χ3n) is 4.81. The molecule has 1 aromatic carbocycles. The van der Waals surface area contributed by atoms with Crippen LogP contribution >= 0.6 is 22.6 Å². The van der Waals surface area contributed by atoms with Crippen LogP contribution in [0.25, 0.3) is 0 Å². The lowest BCUT2D eigenvalue weighted by atomic mass is 9.85. The smallest absolute Gasteiger partial charge is 0.212 e. The molecule has 22 heavy (non-hydrogen) atoms. The van der Waals surface area contributed by atoms with Gasteiger partial charge < -0.3 is 0 Å². The molecule has 2 fully saturated rings. The zero-order valence-corrected chi connectivity index (χ0v) is 16.2. The molecule has 0 amide bonds. The molecule has 1 aliphatic heterocycles. The minimum Gasteiger partial charge on any atom is -0.212 e. The third-order valence-corrected chi connectivity index (χ3v) is 8.67. The lowest BCUT2D eigenvalue weighted by Crippen LogP contribution is -2.44. The average Bonchev–Trinajstić information content (AvgIpc) is 3.32. The second-order valence-corrected chi connectivity index (χ2v) is 10.6. The monoisotopic (exact) mass is 433 g/mol. The first-order valence-electron chi connectivity index (χ1n) is 8.13. The van der Waals surface area contributed by atoms with Gasteiger partial charge in [0.2, 0.25) is 10.0 Å². The number of nitrogens with zero attached hydrogens (tertiary/aromatic N) is 1. The molecule has 1 saturated heterocycles. The molecule has 2 atom stereocenters. The SMILES string of the molecule is CC(C)c1ccccc1C1CN(S(=O)(=O)C2CC2)CCC1I. The van der Waals surface area contributed by atoms with Crippen molar-refractivity contribution >= 4 is 32.6 Å². The third kappa shape index (κ3) is 3.22. The summed E-state index contributed by atoms with van der Waals surface area (Å²) in [6, 6.07) is 8.55. The summed E-state index contributed by atoms with van der Waals surface area (Å²) in [5, 5.41) is -0.0979. The van der Waals surface area contributed by atoms with E-state index < -0.39 is 10.0 Å². The molecule has 3 rings (SSSR count). The van der Waals surface area contributed by atoms with Crippen molar-refractivity contribution in [3.63, 3.8) is 0 Å². The zero-order valence-electron chi connectivity index (χ0n) is 13.2. The van der Waals surface area contributed by atoms with Gasteiger partial charge in [0.15, 0.2) is 0 Å². The number of piperidine rings is 1. The maximum Gasteiger partial charge on any atom is 0.217 e. The Bertz CT molecular complexity index is 640. The van der Waals surface area contributed by atoms with Crippen LogP contribution in [0.15, 0.2) is 24.3 Å². The predicted molar refractivity (Wildman–Crippen MR) is 99.2 cm³/mol. The van der Waals surface area contributed by atoms with Gasteiger partial charge in [0.25, 0.3) is 0 Å². The molecule has 1 aromatic rings. The van der Waals surface area contributed by atoms with Crippen LogP contribution in [-0.2, 0) is 10.0 Å². The van der Waals surface area contributed by atoms with E-state index in [1.54, 1.807) is 4.31 Å². The van der Waals surface area contributed by atoms with E-state index in [9.17, 15) is 8.42 Å². The van der Waals surface area contributed by atoms with Crippen molar-refractivity contribution in [2.45, 2.75) is 54.1 Å². The van der Waals surface area contributed by atoms with Gasteiger partial charge in [0, 0.05) is 22.9 Å². The van der Waals surface area contributed by atoms with Gasteiger partial charge in [-0.1, -0.05) is 60.7 Å². The topological polar surface area (TPSA) is 37.4 Å². The van der Waals surface area contributed by atoms with E-state index in [-0.39, 0.29) is 5.25 Å². The van der Waals surface area contributed by atoms with Crippen LogP contribution < -0.4 is 0 Å². The second-order valence-electron chi connectivity index (χ2n) is 6.80. The Morgan fingerprint density at radius 2 is 1.86 bits per heavy atom. The Hall–Kier alpha value is -0.140. The first kappa shape index (κ1) is 16.7. The molecule has 2 aliphatic rings. The fourth-order valence-electron chi connectivity index (χ4n) is 3.37. The molecule has 1 saturated carbocycles. The van der Waals surface area contributed by atoms with Crippen LogP contribution in [0, 0.1) is 0 Å². The lowest BCUT2D eigenvalue weighted by molar-refractivity contribution is 0.326. The Balaban J connectivity index is 1.89. The Morgan fingerprint density at radius 3 is 2.50 bits per heavy atom. The van der Waals surface area contributed by atoms with Gasteiger partial charge in [-0.3, -0.25) is 0 Å². The number of benzene rings is 1. The normalized spacial score (nSPS) is 27.3. The van der Waals surface area contributed by atoms with Crippen LogP contribution in [-0.4, -0.2) is 35.0 Å². The summed E-state index contributed by atoms with van der Waals surface area (Å²) < 4.78 is 27.4. The second kappa shape index (κ2) is 6.40. The summed E-state index contributed by atoms with van der Waals surface area (Å²) >= 11 is 2.51. The zero-order chi connectivity index (χ0) is 15.9. The molecule has 1 aliphatic carbocycles. The Labute approximate surface area is 147 Å². The van der Waals surface area contributed by atoms with Gasteiger partial charge in [-0.05, 0) is 36.3 Å². The van der Waals surface area contributed by atoms with Crippen LogP contribution in [0.5, 0.6) is 0 Å². The number of halogens is 1. The lowest BCUT2D eigenvalue weighted by Gasteiger charge is -2.37. The molecular weight excluding hydrogens is 409 g/mol. The van der Waals surface area contributed by atoms with E-state index in [0.29, 0.717) is 28.8 Å². The summed E-state index contributed by atoms with van der Waals surface area (Å²) in [5.41, 5.74) is 2.70. The van der Waals surface area contributed by atoms with Crippen LogP contribution in [0.4, 0.5) is 0 Å². The van der Waals surface area contributed by atoms with Crippen molar-refractivity contribution in [1.29, 1.82) is 0 Å². The highest BCUT2D eigenvalue weighted by Gasteiger charge is 2.43. The van der Waals surface area contributed by atoms with Gasteiger partial charge in [0.1, 0.15) is 0 Å². The Morgan fingerprint density at radius 1 is 1.18 bits per heavy atom. The van der Waals surface area contributed by atoms with Gasteiger partial charge >= 0.3 is 0 Å². The van der Waals surface area contributed by atoms with E-state index in [2.05, 4.69) is 60.7 Å². The maximum atomic E-state index is 12.6. The summed E-state index contributed by atoms with van der Waals surface area (Å²) in [7, 11) is -3.06. The standard InChI is InChI=1S/C17H24INO2S/c1-12(2)14-5-3-4-6-15(14)16-11-19(10-9-17(16)18)22(20,21)13-7-8-13/h3-6,12-13,16-17H,7-11H2,1-2H3. The number of hydrogen-bond donors (Lipinski definition) is 0. The van der Waals surface area contributed by atoms with Gasteiger partial charge in [-0.15, -0.1) is 0 Å². The Kier molecular flexibility index (Phi) is 4.86. The van der Waals surface area contributed by atoms with Crippen LogP contribution in [0.1, 0.15) is 56.1 Å². The fourth-order valence-corrected chi connectivity index (χ4v) is 6.14. The predicted octanol–water partition coefficient (Wildman–Crippen LogP) is 3.90. The highest BCUT2D eigenvalue weighted by molar-refractivity contribution is 14.1. The first-order chi connectivity index (χ1) is 10.4. The minimum absolute atomic E-state index is 0.0979. The highest BCUT2D eigenvalue weighted by Crippen LogP contribution is 2.40. The number of rotatable bonds is 4.